The molecule has 0 radical (unpaired) electrons. The second-order valence-electron chi connectivity index (χ2n) is 3.53. The van der Waals surface area contributed by atoms with E-state index in [1.807, 2.05) is 0 Å². The van der Waals surface area contributed by atoms with Gasteiger partial charge in [0, 0.05) is 0 Å². The summed E-state index contributed by atoms with van der Waals surface area (Å²) in [5, 5.41) is 0. The zero-order chi connectivity index (χ0) is 13.5. The summed E-state index contributed by atoms with van der Waals surface area (Å²) >= 11 is 0. The van der Waals surface area contributed by atoms with Gasteiger partial charge in [0.25, 0.3) is 0 Å². The van der Waals surface area contributed by atoms with Gasteiger partial charge in [-0.25, -0.2) is 14.0 Å². The average molecular weight is 255 g/mol. The van der Waals surface area contributed by atoms with Crippen LogP contribution in [-0.2, 0) is 4.74 Å². The lowest BCUT2D eigenvalue weighted by Gasteiger charge is -2.06. The SMILES string of the molecule is C=CCCCCOC(=O)n1cc(F)c(N)nc1=O. The first kappa shape index (κ1) is 13.9. The quantitative estimate of drug-likeness (QED) is 0.633. The van der Waals surface area contributed by atoms with Crippen molar-refractivity contribution < 1.29 is 13.9 Å². The minimum Gasteiger partial charge on any atom is -0.449 e. The highest BCUT2D eigenvalue weighted by Gasteiger charge is 2.12. The summed E-state index contributed by atoms with van der Waals surface area (Å²) in [6, 6.07) is 0. The van der Waals surface area contributed by atoms with Crippen LogP contribution in [0.4, 0.5) is 15.0 Å². The van der Waals surface area contributed by atoms with Gasteiger partial charge in [-0.3, -0.25) is 0 Å². The molecule has 7 heteroatoms. The van der Waals surface area contributed by atoms with E-state index in [9.17, 15) is 14.0 Å². The fraction of sp³-hybridized carbons (Fsp3) is 0.364. The van der Waals surface area contributed by atoms with Crippen molar-refractivity contribution in [2.75, 3.05) is 12.3 Å². The van der Waals surface area contributed by atoms with E-state index >= 15 is 0 Å². The van der Waals surface area contributed by atoms with Crippen LogP contribution in [0.3, 0.4) is 0 Å². The largest absolute Gasteiger partial charge is 0.449 e. The van der Waals surface area contributed by atoms with Crippen molar-refractivity contribution >= 4 is 11.9 Å². The number of anilines is 1. The van der Waals surface area contributed by atoms with Gasteiger partial charge >= 0.3 is 11.8 Å². The molecular formula is C11H14FN3O3. The van der Waals surface area contributed by atoms with Gasteiger partial charge in [0.15, 0.2) is 11.6 Å². The molecule has 0 aliphatic heterocycles. The fourth-order valence-electron chi connectivity index (χ4n) is 1.20. The average Bonchev–Trinajstić information content (AvgIpc) is 2.33. The highest BCUT2D eigenvalue weighted by molar-refractivity contribution is 5.70. The molecule has 0 aliphatic carbocycles. The maximum Gasteiger partial charge on any atom is 0.422 e. The molecule has 0 atom stereocenters. The normalized spacial score (nSPS) is 10.1. The molecule has 98 valence electrons. The molecule has 0 unspecified atom stereocenters. The van der Waals surface area contributed by atoms with Gasteiger partial charge in [0.05, 0.1) is 12.8 Å². The summed E-state index contributed by atoms with van der Waals surface area (Å²) in [7, 11) is 0. The number of carbonyl (C=O) groups excluding carboxylic acids is 1. The zero-order valence-corrected chi connectivity index (χ0v) is 9.76. The smallest absolute Gasteiger partial charge is 0.422 e. The number of unbranched alkanes of at least 4 members (excludes halogenated alkanes) is 2. The Morgan fingerprint density at radius 3 is 3.00 bits per heavy atom. The van der Waals surface area contributed by atoms with Gasteiger partial charge < -0.3 is 10.5 Å². The van der Waals surface area contributed by atoms with Gasteiger partial charge in [-0.2, -0.15) is 9.55 Å². The number of nitrogens with two attached hydrogens (primary N) is 1. The number of nitrogen functional groups attached to an aromatic ring is 1. The van der Waals surface area contributed by atoms with Crippen LogP contribution >= 0.6 is 0 Å². The third-order valence-electron chi connectivity index (χ3n) is 2.13. The van der Waals surface area contributed by atoms with Crippen molar-refractivity contribution in [1.29, 1.82) is 0 Å². The Bertz CT molecular complexity index is 499. The van der Waals surface area contributed by atoms with Crippen molar-refractivity contribution in [1.82, 2.24) is 9.55 Å². The summed E-state index contributed by atoms with van der Waals surface area (Å²) in [6.45, 7) is 3.70. The summed E-state index contributed by atoms with van der Waals surface area (Å²) in [6.07, 6.45) is 3.72. The predicted molar refractivity (Wildman–Crippen MR) is 63.7 cm³/mol. The van der Waals surface area contributed by atoms with Gasteiger partial charge in [-0.15, -0.1) is 6.58 Å². The Morgan fingerprint density at radius 2 is 2.33 bits per heavy atom. The lowest BCUT2D eigenvalue weighted by atomic mass is 10.2. The first-order chi connectivity index (χ1) is 8.56. The topological polar surface area (TPSA) is 87.2 Å². The molecular weight excluding hydrogens is 241 g/mol. The van der Waals surface area contributed by atoms with Gasteiger partial charge in [-0.1, -0.05) is 6.08 Å². The van der Waals surface area contributed by atoms with Crippen molar-refractivity contribution in [3.63, 3.8) is 0 Å². The zero-order valence-electron chi connectivity index (χ0n) is 9.76. The second-order valence-corrected chi connectivity index (χ2v) is 3.53. The van der Waals surface area contributed by atoms with E-state index in [1.54, 1.807) is 6.08 Å². The molecule has 18 heavy (non-hydrogen) atoms. The van der Waals surface area contributed by atoms with Crippen LogP contribution in [0.2, 0.25) is 0 Å². The van der Waals surface area contributed by atoms with Crippen molar-refractivity contribution in [3.05, 3.63) is 35.2 Å². The number of nitrogens with zero attached hydrogens (tertiary/aromatic N) is 2. The van der Waals surface area contributed by atoms with Crippen LogP contribution in [-0.4, -0.2) is 22.3 Å². The first-order valence-corrected chi connectivity index (χ1v) is 5.39. The maximum absolute atomic E-state index is 13.0. The van der Waals surface area contributed by atoms with Crippen LogP contribution < -0.4 is 11.4 Å². The van der Waals surface area contributed by atoms with Crippen LogP contribution in [0, 0.1) is 5.82 Å². The molecule has 0 saturated heterocycles. The molecule has 0 spiro atoms. The highest BCUT2D eigenvalue weighted by atomic mass is 19.1. The molecule has 1 aromatic heterocycles. The highest BCUT2D eigenvalue weighted by Crippen LogP contribution is 2.02. The van der Waals surface area contributed by atoms with Crippen LogP contribution in [0.1, 0.15) is 19.3 Å². The number of hydrogen-bond donors (Lipinski definition) is 1. The molecule has 0 bridgehead atoms. The Kier molecular flexibility index (Phi) is 5.04. The van der Waals surface area contributed by atoms with Gasteiger partial charge in [0.2, 0.25) is 0 Å². The van der Waals surface area contributed by atoms with E-state index < -0.39 is 23.4 Å². The third kappa shape index (κ3) is 3.69. The first-order valence-electron chi connectivity index (χ1n) is 5.39. The molecule has 1 rings (SSSR count). The predicted octanol–water partition coefficient (Wildman–Crippen LogP) is 1.31. The summed E-state index contributed by atoms with van der Waals surface area (Å²) in [5.74, 6) is -1.49. The van der Waals surface area contributed by atoms with Crippen LogP contribution in [0.25, 0.3) is 0 Å². The van der Waals surface area contributed by atoms with Gasteiger partial charge in [0.1, 0.15) is 0 Å². The van der Waals surface area contributed by atoms with E-state index in [0.717, 1.165) is 12.8 Å². The molecule has 0 saturated carbocycles. The Morgan fingerprint density at radius 1 is 1.61 bits per heavy atom. The molecule has 0 aliphatic rings. The molecule has 0 aromatic carbocycles. The standard InChI is InChI=1S/C11H14FN3O3/c1-2-3-4-5-6-18-11(17)15-7-8(12)9(13)14-10(15)16/h2,7H,1,3-6H2,(H2,13,14,16). The molecule has 0 amide bonds. The van der Waals surface area contributed by atoms with E-state index in [4.69, 9.17) is 10.5 Å². The number of rotatable bonds is 5. The van der Waals surface area contributed by atoms with E-state index in [1.165, 1.54) is 0 Å². The number of halogens is 1. The number of hydrogen-bond acceptors (Lipinski definition) is 5. The number of aromatic nitrogens is 2. The van der Waals surface area contributed by atoms with E-state index in [0.29, 0.717) is 17.2 Å². The minimum atomic E-state index is -0.968. The molecule has 2 N–H and O–H groups in total. The Labute approximate surface area is 103 Å². The number of allylic oxidation sites excluding steroid dienone is 1. The number of carbonyl (C=O) groups is 1. The Hall–Kier alpha value is -2.18. The molecule has 0 fully saturated rings. The molecule has 6 nitrogen and oxygen atoms in total. The van der Waals surface area contributed by atoms with Gasteiger partial charge in [-0.05, 0) is 19.3 Å². The lowest BCUT2D eigenvalue weighted by Crippen LogP contribution is -2.31. The van der Waals surface area contributed by atoms with E-state index in [-0.39, 0.29) is 6.61 Å². The monoisotopic (exact) mass is 255 g/mol. The Balaban J connectivity index is 2.59. The van der Waals surface area contributed by atoms with Crippen LogP contribution in [0.15, 0.2) is 23.6 Å². The molecule has 1 heterocycles. The summed E-state index contributed by atoms with van der Waals surface area (Å²) in [5.41, 5.74) is 4.12. The summed E-state index contributed by atoms with van der Waals surface area (Å²) < 4.78 is 18.3. The van der Waals surface area contributed by atoms with Crippen LogP contribution in [0.5, 0.6) is 0 Å². The summed E-state index contributed by atoms with van der Waals surface area (Å²) in [4.78, 5) is 25.8. The molecule has 1 aromatic rings. The second kappa shape index (κ2) is 6.53. The minimum absolute atomic E-state index is 0.144. The fourth-order valence-corrected chi connectivity index (χ4v) is 1.20. The number of ether oxygens (including phenoxy) is 1. The third-order valence-corrected chi connectivity index (χ3v) is 2.13. The van der Waals surface area contributed by atoms with Crippen molar-refractivity contribution in [3.8, 4) is 0 Å². The lowest BCUT2D eigenvalue weighted by molar-refractivity contribution is 0.144. The van der Waals surface area contributed by atoms with Crippen molar-refractivity contribution in [2.24, 2.45) is 0 Å². The maximum atomic E-state index is 13.0. The van der Waals surface area contributed by atoms with E-state index in [2.05, 4.69) is 11.6 Å². The van der Waals surface area contributed by atoms with Crippen molar-refractivity contribution in [2.45, 2.75) is 19.3 Å².